The fourth-order valence-electron chi connectivity index (χ4n) is 2.19. The molecular weight excluding hydrogens is 216 g/mol. The highest BCUT2D eigenvalue weighted by Gasteiger charge is 2.24. The summed E-state index contributed by atoms with van der Waals surface area (Å²) in [6.45, 7) is 4.94. The van der Waals surface area contributed by atoms with Gasteiger partial charge in [-0.05, 0) is 19.1 Å². The Bertz CT molecular complexity index is 335. The smallest absolute Gasteiger partial charge is 0.133 e. The van der Waals surface area contributed by atoms with Crippen LogP contribution in [-0.4, -0.2) is 53.6 Å². The highest BCUT2D eigenvalue weighted by Crippen LogP contribution is 2.16. The maximum absolute atomic E-state index is 9.77. The molecule has 17 heavy (non-hydrogen) atoms. The zero-order valence-electron chi connectivity index (χ0n) is 10.2. The molecule has 1 aliphatic rings. The van der Waals surface area contributed by atoms with E-state index in [1.54, 1.807) is 6.92 Å². The van der Waals surface area contributed by atoms with Gasteiger partial charge in [0.15, 0.2) is 0 Å². The van der Waals surface area contributed by atoms with Crippen LogP contribution in [0.15, 0.2) is 30.3 Å². The lowest BCUT2D eigenvalue weighted by molar-refractivity contribution is -0.0772. The third-order valence-electron chi connectivity index (χ3n) is 3.24. The Morgan fingerprint density at radius 2 is 1.59 bits per heavy atom. The molecule has 1 saturated heterocycles. The molecule has 4 nitrogen and oxygen atoms in total. The van der Waals surface area contributed by atoms with Crippen molar-refractivity contribution in [2.45, 2.75) is 19.3 Å². The number of hydrogen-bond acceptors (Lipinski definition) is 4. The molecule has 1 unspecified atom stereocenters. The lowest BCUT2D eigenvalue weighted by Gasteiger charge is -2.39. The van der Waals surface area contributed by atoms with E-state index in [9.17, 15) is 10.2 Å². The molecule has 0 aliphatic carbocycles. The van der Waals surface area contributed by atoms with Crippen molar-refractivity contribution in [2.24, 2.45) is 0 Å². The number of nitrogens with zero attached hydrogens (tertiary/aromatic N) is 2. The summed E-state index contributed by atoms with van der Waals surface area (Å²) >= 11 is 0. The minimum atomic E-state index is -0.743. The van der Waals surface area contributed by atoms with Gasteiger partial charge in [-0.2, -0.15) is 0 Å². The summed E-state index contributed by atoms with van der Waals surface area (Å²) in [7, 11) is 0. The van der Waals surface area contributed by atoms with E-state index in [4.69, 9.17) is 0 Å². The van der Waals surface area contributed by atoms with Crippen LogP contribution in [0.5, 0.6) is 0 Å². The maximum Gasteiger partial charge on any atom is 0.133 e. The fourth-order valence-corrected chi connectivity index (χ4v) is 2.19. The van der Waals surface area contributed by atoms with Crippen molar-refractivity contribution < 1.29 is 10.2 Å². The Labute approximate surface area is 102 Å². The normalized spacial score (nSPS) is 21.2. The summed E-state index contributed by atoms with van der Waals surface area (Å²) in [4.78, 5) is 4.22. The molecule has 0 aromatic heterocycles. The maximum atomic E-state index is 9.77. The molecule has 94 valence electrons. The van der Waals surface area contributed by atoms with E-state index in [0.717, 1.165) is 26.2 Å². The van der Waals surface area contributed by atoms with Crippen LogP contribution in [0.1, 0.15) is 6.92 Å². The van der Waals surface area contributed by atoms with Gasteiger partial charge in [0, 0.05) is 31.9 Å². The van der Waals surface area contributed by atoms with Gasteiger partial charge in [0.2, 0.25) is 0 Å². The highest BCUT2D eigenvalue weighted by atomic mass is 16.3. The molecule has 0 radical (unpaired) electrons. The lowest BCUT2D eigenvalue weighted by atomic mass is 10.2. The average Bonchev–Trinajstić information content (AvgIpc) is 2.39. The first-order valence-corrected chi connectivity index (χ1v) is 6.08. The molecule has 1 heterocycles. The fraction of sp³-hybridized carbons (Fsp3) is 0.538. The second-order valence-electron chi connectivity index (χ2n) is 4.51. The van der Waals surface area contributed by atoms with Crippen molar-refractivity contribution in [3.63, 3.8) is 0 Å². The molecule has 0 bridgehead atoms. The van der Waals surface area contributed by atoms with E-state index in [1.807, 2.05) is 23.1 Å². The number of aliphatic hydroxyl groups is 2. The Morgan fingerprint density at radius 3 is 2.12 bits per heavy atom. The van der Waals surface area contributed by atoms with Crippen LogP contribution >= 0.6 is 0 Å². The lowest BCUT2D eigenvalue weighted by Crippen LogP contribution is -2.53. The number of hydrogen-bond donors (Lipinski definition) is 2. The molecular formula is C13H20N2O2. The molecule has 2 rings (SSSR count). The SMILES string of the molecule is C[C@@H](O)C(O)N1CCN(c2ccccc2)CC1. The topological polar surface area (TPSA) is 46.9 Å². The standard InChI is InChI=1S/C13H20N2O2/c1-11(16)13(17)15-9-7-14(8-10-15)12-5-3-2-4-6-12/h2-6,11,13,16-17H,7-10H2,1H3/t11-,13?/m1/s1. The van der Waals surface area contributed by atoms with Crippen molar-refractivity contribution >= 4 is 5.69 Å². The summed E-state index contributed by atoms with van der Waals surface area (Å²) in [6.07, 6.45) is -1.44. The van der Waals surface area contributed by atoms with Crippen molar-refractivity contribution in [1.82, 2.24) is 4.90 Å². The van der Waals surface area contributed by atoms with Gasteiger partial charge in [0.05, 0.1) is 6.10 Å². The summed E-state index contributed by atoms with van der Waals surface area (Å²) in [5, 5.41) is 19.1. The van der Waals surface area contributed by atoms with Crippen molar-refractivity contribution in [2.75, 3.05) is 31.1 Å². The van der Waals surface area contributed by atoms with Gasteiger partial charge >= 0.3 is 0 Å². The molecule has 1 fully saturated rings. The van der Waals surface area contributed by atoms with Gasteiger partial charge in [-0.1, -0.05) is 18.2 Å². The summed E-state index contributed by atoms with van der Waals surface area (Å²) < 4.78 is 0. The van der Waals surface area contributed by atoms with Gasteiger partial charge in [-0.15, -0.1) is 0 Å². The summed E-state index contributed by atoms with van der Waals surface area (Å²) in [5.41, 5.74) is 1.22. The molecule has 0 saturated carbocycles. The van der Waals surface area contributed by atoms with E-state index in [-0.39, 0.29) is 0 Å². The molecule has 2 atom stereocenters. The van der Waals surface area contributed by atoms with E-state index in [0.29, 0.717) is 0 Å². The van der Waals surface area contributed by atoms with Crippen LogP contribution < -0.4 is 4.90 Å². The predicted octanol–water partition coefficient (Wildman–Crippen LogP) is 0.508. The molecule has 1 aromatic rings. The van der Waals surface area contributed by atoms with Gasteiger partial charge in [0.25, 0.3) is 0 Å². The molecule has 2 N–H and O–H groups in total. The van der Waals surface area contributed by atoms with Crippen LogP contribution in [-0.2, 0) is 0 Å². The molecule has 1 aromatic carbocycles. The van der Waals surface area contributed by atoms with Crippen LogP contribution in [0.4, 0.5) is 5.69 Å². The summed E-state index contributed by atoms with van der Waals surface area (Å²) in [6, 6.07) is 10.3. The third-order valence-corrected chi connectivity index (χ3v) is 3.24. The van der Waals surface area contributed by atoms with E-state index < -0.39 is 12.3 Å². The van der Waals surface area contributed by atoms with Crippen LogP contribution in [0.25, 0.3) is 0 Å². The molecule has 0 spiro atoms. The zero-order chi connectivity index (χ0) is 12.3. The first-order valence-electron chi connectivity index (χ1n) is 6.08. The zero-order valence-corrected chi connectivity index (χ0v) is 10.2. The molecule has 4 heteroatoms. The van der Waals surface area contributed by atoms with Gasteiger partial charge in [-0.3, -0.25) is 4.90 Å². The number of piperazine rings is 1. The van der Waals surface area contributed by atoms with Crippen LogP contribution in [0.2, 0.25) is 0 Å². The third kappa shape index (κ3) is 2.97. The largest absolute Gasteiger partial charge is 0.389 e. The number of aliphatic hydroxyl groups excluding tert-OH is 2. The van der Waals surface area contributed by atoms with Gasteiger partial charge in [-0.25, -0.2) is 0 Å². The van der Waals surface area contributed by atoms with E-state index >= 15 is 0 Å². The Morgan fingerprint density at radius 1 is 1.00 bits per heavy atom. The van der Waals surface area contributed by atoms with Gasteiger partial charge < -0.3 is 15.1 Å². The highest BCUT2D eigenvalue weighted by molar-refractivity contribution is 5.46. The monoisotopic (exact) mass is 236 g/mol. The first-order chi connectivity index (χ1) is 8.18. The number of benzene rings is 1. The quantitative estimate of drug-likeness (QED) is 0.802. The minimum absolute atomic E-state index is 0.696. The van der Waals surface area contributed by atoms with Crippen LogP contribution in [0, 0.1) is 0 Å². The van der Waals surface area contributed by atoms with Crippen LogP contribution in [0.3, 0.4) is 0 Å². The summed E-state index contributed by atoms with van der Waals surface area (Å²) in [5.74, 6) is 0. The molecule has 1 aliphatic heterocycles. The second kappa shape index (κ2) is 5.49. The van der Waals surface area contributed by atoms with Crippen molar-refractivity contribution in [3.8, 4) is 0 Å². The first kappa shape index (κ1) is 12.4. The number of rotatable bonds is 3. The Balaban J connectivity index is 1.90. The Kier molecular flexibility index (Phi) is 3.99. The van der Waals surface area contributed by atoms with Gasteiger partial charge in [0.1, 0.15) is 6.23 Å². The van der Waals surface area contributed by atoms with Crippen molar-refractivity contribution in [1.29, 1.82) is 0 Å². The minimum Gasteiger partial charge on any atom is -0.389 e. The number of anilines is 1. The second-order valence-corrected chi connectivity index (χ2v) is 4.51. The average molecular weight is 236 g/mol. The molecule has 0 amide bonds. The predicted molar refractivity (Wildman–Crippen MR) is 67.9 cm³/mol. The Hall–Kier alpha value is -1.10. The van der Waals surface area contributed by atoms with Crippen molar-refractivity contribution in [3.05, 3.63) is 30.3 Å². The number of para-hydroxylation sites is 1. The van der Waals surface area contributed by atoms with E-state index in [2.05, 4.69) is 17.0 Å². The van der Waals surface area contributed by atoms with E-state index in [1.165, 1.54) is 5.69 Å².